The molecule has 0 fully saturated rings. The molecule has 0 radical (unpaired) electrons. The molecule has 2 aromatic heterocycles. The topological polar surface area (TPSA) is 86.6 Å². The highest BCUT2D eigenvalue weighted by atomic mass is 16.5. The second-order valence-corrected chi connectivity index (χ2v) is 5.36. The molecule has 25 heavy (non-hydrogen) atoms. The van der Waals surface area contributed by atoms with Crippen molar-refractivity contribution < 1.29 is 4.74 Å². The molecule has 0 amide bonds. The maximum atomic E-state index is 8.81. The molecule has 0 saturated carbocycles. The number of hydrogen-bond acceptors (Lipinski definition) is 5. The Labute approximate surface area is 143 Å². The van der Waals surface area contributed by atoms with Gasteiger partial charge in [0.25, 0.3) is 0 Å². The van der Waals surface area contributed by atoms with E-state index >= 15 is 0 Å². The molecule has 0 atom stereocenters. The van der Waals surface area contributed by atoms with Crippen molar-refractivity contribution in [3.8, 4) is 17.6 Å². The first-order valence-electron chi connectivity index (χ1n) is 7.66. The van der Waals surface area contributed by atoms with Crippen molar-refractivity contribution in [2.24, 2.45) is 0 Å². The Balaban J connectivity index is 1.49. The van der Waals surface area contributed by atoms with Gasteiger partial charge in [0.1, 0.15) is 17.0 Å². The number of aromatic amines is 1. The van der Waals surface area contributed by atoms with Crippen LogP contribution >= 0.6 is 0 Å². The van der Waals surface area contributed by atoms with E-state index in [4.69, 9.17) is 10.00 Å². The summed E-state index contributed by atoms with van der Waals surface area (Å²) in [6.45, 7) is 0. The molecule has 0 bridgehead atoms. The monoisotopic (exact) mass is 327 g/mol. The lowest BCUT2D eigenvalue weighted by atomic mass is 10.2. The van der Waals surface area contributed by atoms with Gasteiger partial charge in [0.15, 0.2) is 5.82 Å². The molecule has 0 aliphatic carbocycles. The number of nitriles is 1. The van der Waals surface area contributed by atoms with Gasteiger partial charge in [-0.05, 0) is 60.7 Å². The molecular formula is C19H13N5O. The van der Waals surface area contributed by atoms with Gasteiger partial charge in [-0.15, -0.1) is 0 Å². The van der Waals surface area contributed by atoms with Crippen LogP contribution in [0.15, 0.2) is 66.9 Å². The van der Waals surface area contributed by atoms with Crippen molar-refractivity contribution in [1.29, 1.82) is 5.26 Å². The highest BCUT2D eigenvalue weighted by Crippen LogP contribution is 2.26. The van der Waals surface area contributed by atoms with Crippen LogP contribution in [0.2, 0.25) is 0 Å². The number of rotatable bonds is 4. The average Bonchev–Trinajstić information content (AvgIpc) is 3.07. The van der Waals surface area contributed by atoms with E-state index in [1.165, 1.54) is 0 Å². The van der Waals surface area contributed by atoms with Crippen LogP contribution in [0.3, 0.4) is 0 Å². The first-order valence-corrected chi connectivity index (χ1v) is 7.66. The lowest BCUT2D eigenvalue weighted by Gasteiger charge is -2.07. The summed E-state index contributed by atoms with van der Waals surface area (Å²) in [4.78, 5) is 4.32. The normalized spacial score (nSPS) is 10.4. The summed E-state index contributed by atoms with van der Waals surface area (Å²) < 4.78 is 5.77. The van der Waals surface area contributed by atoms with E-state index in [1.54, 1.807) is 30.5 Å². The number of hydrogen-bond donors (Lipinski definition) is 2. The quantitative estimate of drug-likeness (QED) is 0.581. The molecule has 6 heteroatoms. The molecule has 0 aliphatic rings. The number of fused-ring (bicyclic) bond motifs is 1. The van der Waals surface area contributed by atoms with Gasteiger partial charge in [-0.2, -0.15) is 10.4 Å². The molecule has 4 rings (SSSR count). The first kappa shape index (κ1) is 14.7. The molecule has 120 valence electrons. The average molecular weight is 327 g/mol. The van der Waals surface area contributed by atoms with E-state index < -0.39 is 0 Å². The summed E-state index contributed by atoms with van der Waals surface area (Å²) >= 11 is 0. The fraction of sp³-hybridized carbons (Fsp3) is 0. The zero-order valence-corrected chi connectivity index (χ0v) is 13.1. The minimum atomic E-state index is 0.603. The van der Waals surface area contributed by atoms with Gasteiger partial charge in [-0.1, -0.05) is 0 Å². The van der Waals surface area contributed by atoms with Crippen molar-refractivity contribution in [2.75, 3.05) is 5.32 Å². The van der Waals surface area contributed by atoms with Gasteiger partial charge < -0.3 is 10.1 Å². The number of nitrogens with zero attached hydrogens (tertiary/aromatic N) is 3. The predicted octanol–water partition coefficient (Wildman–Crippen LogP) is 4.37. The summed E-state index contributed by atoms with van der Waals surface area (Å²) in [5, 5.41) is 19.2. The number of aromatic nitrogens is 3. The van der Waals surface area contributed by atoms with Gasteiger partial charge in [0, 0.05) is 11.9 Å². The highest BCUT2D eigenvalue weighted by Gasteiger charge is 2.06. The Hall–Kier alpha value is -3.85. The molecule has 0 spiro atoms. The molecule has 0 aliphatic heterocycles. The second-order valence-electron chi connectivity index (χ2n) is 5.36. The van der Waals surface area contributed by atoms with Crippen molar-refractivity contribution in [2.45, 2.75) is 0 Å². The van der Waals surface area contributed by atoms with E-state index in [9.17, 15) is 0 Å². The summed E-state index contributed by atoms with van der Waals surface area (Å²) in [6.07, 6.45) is 1.73. The summed E-state index contributed by atoms with van der Waals surface area (Å²) in [5.41, 5.74) is 3.16. The van der Waals surface area contributed by atoms with Crippen molar-refractivity contribution in [3.63, 3.8) is 0 Å². The molecule has 2 heterocycles. The lowest BCUT2D eigenvalue weighted by Crippen LogP contribution is -1.92. The number of anilines is 2. The zero-order chi connectivity index (χ0) is 17.1. The first-order chi connectivity index (χ1) is 12.3. The molecular weight excluding hydrogens is 314 g/mol. The maximum Gasteiger partial charge on any atom is 0.178 e. The number of nitrogens with one attached hydrogen (secondary N) is 2. The predicted molar refractivity (Wildman–Crippen MR) is 94.8 cm³/mol. The standard InChI is InChI=1S/C19H13N5O/c20-12-13-3-7-15(8-4-13)25-16-9-5-14(6-10-16)22-19-18-17(23-24-19)2-1-11-21-18/h1-11H,(H2,22,23,24). The van der Waals surface area contributed by atoms with Gasteiger partial charge >= 0.3 is 0 Å². The minimum Gasteiger partial charge on any atom is -0.457 e. The van der Waals surface area contributed by atoms with Crippen LogP contribution in [0.4, 0.5) is 11.5 Å². The number of H-pyrrole nitrogens is 1. The van der Waals surface area contributed by atoms with E-state index in [-0.39, 0.29) is 0 Å². The third kappa shape index (κ3) is 3.12. The van der Waals surface area contributed by atoms with Crippen LogP contribution in [0, 0.1) is 11.3 Å². The van der Waals surface area contributed by atoms with E-state index in [0.717, 1.165) is 16.7 Å². The van der Waals surface area contributed by atoms with Crippen LogP contribution in [0.25, 0.3) is 11.0 Å². The van der Waals surface area contributed by atoms with Gasteiger partial charge in [-0.3, -0.25) is 10.1 Å². The molecule has 2 N–H and O–H groups in total. The number of pyridine rings is 1. The Morgan fingerprint density at radius 2 is 1.68 bits per heavy atom. The van der Waals surface area contributed by atoms with E-state index in [2.05, 4.69) is 26.6 Å². The molecule has 6 nitrogen and oxygen atoms in total. The Bertz CT molecular complexity index is 1050. The Morgan fingerprint density at radius 1 is 0.960 bits per heavy atom. The number of benzene rings is 2. The van der Waals surface area contributed by atoms with Crippen LogP contribution in [0.5, 0.6) is 11.5 Å². The fourth-order valence-electron chi connectivity index (χ4n) is 2.42. The second kappa shape index (κ2) is 6.34. The van der Waals surface area contributed by atoms with Crippen molar-refractivity contribution >= 4 is 22.5 Å². The van der Waals surface area contributed by atoms with Crippen LogP contribution < -0.4 is 10.1 Å². The summed E-state index contributed by atoms with van der Waals surface area (Å²) in [5.74, 6) is 2.07. The third-order valence-electron chi connectivity index (χ3n) is 3.66. The molecule has 0 saturated heterocycles. The third-order valence-corrected chi connectivity index (χ3v) is 3.66. The SMILES string of the molecule is N#Cc1ccc(Oc2ccc(Nc3n[nH]c4cccnc34)cc2)cc1. The molecule has 0 unspecified atom stereocenters. The lowest BCUT2D eigenvalue weighted by molar-refractivity contribution is 0.483. The van der Waals surface area contributed by atoms with Crippen molar-refractivity contribution in [1.82, 2.24) is 15.2 Å². The highest BCUT2D eigenvalue weighted by molar-refractivity contribution is 5.87. The maximum absolute atomic E-state index is 8.81. The van der Waals surface area contributed by atoms with Crippen LogP contribution in [0.1, 0.15) is 5.56 Å². The summed E-state index contributed by atoms with van der Waals surface area (Å²) in [7, 11) is 0. The van der Waals surface area contributed by atoms with Crippen LogP contribution in [-0.4, -0.2) is 15.2 Å². The van der Waals surface area contributed by atoms with Crippen LogP contribution in [-0.2, 0) is 0 Å². The molecule has 2 aromatic carbocycles. The van der Waals surface area contributed by atoms with E-state index in [0.29, 0.717) is 22.9 Å². The molecule has 4 aromatic rings. The fourth-order valence-corrected chi connectivity index (χ4v) is 2.42. The zero-order valence-electron chi connectivity index (χ0n) is 13.1. The summed E-state index contributed by atoms with van der Waals surface area (Å²) in [6, 6.07) is 20.4. The Kier molecular flexibility index (Phi) is 3.73. The van der Waals surface area contributed by atoms with Gasteiger partial charge in [0.2, 0.25) is 0 Å². The van der Waals surface area contributed by atoms with Gasteiger partial charge in [0.05, 0.1) is 17.1 Å². The Morgan fingerprint density at radius 3 is 2.40 bits per heavy atom. The van der Waals surface area contributed by atoms with Crippen molar-refractivity contribution in [3.05, 3.63) is 72.4 Å². The number of ether oxygens (including phenoxy) is 1. The van der Waals surface area contributed by atoms with Gasteiger partial charge in [-0.25, -0.2) is 0 Å². The van der Waals surface area contributed by atoms with E-state index in [1.807, 2.05) is 36.4 Å². The smallest absolute Gasteiger partial charge is 0.178 e. The minimum absolute atomic E-state index is 0.603. The largest absolute Gasteiger partial charge is 0.457 e.